The van der Waals surface area contributed by atoms with Crippen LogP contribution in [0.5, 0.6) is 0 Å². The van der Waals surface area contributed by atoms with Crippen molar-refractivity contribution in [3.63, 3.8) is 0 Å². The first kappa shape index (κ1) is 8.49. The summed E-state index contributed by atoms with van der Waals surface area (Å²) in [6, 6.07) is 1.68. The zero-order valence-electron chi connectivity index (χ0n) is 7.81. The summed E-state index contributed by atoms with van der Waals surface area (Å²) >= 11 is 1.24. The van der Waals surface area contributed by atoms with Crippen molar-refractivity contribution < 1.29 is 9.90 Å². The minimum absolute atomic E-state index is 0.349. The molecule has 3 rings (SSSR count). The van der Waals surface area contributed by atoms with Gasteiger partial charge in [0.25, 0.3) is 0 Å². The zero-order valence-corrected chi connectivity index (χ0v) is 8.63. The van der Waals surface area contributed by atoms with E-state index in [-0.39, 0.29) is 0 Å². The number of H-pyrrole nitrogens is 1. The molecule has 0 saturated carbocycles. The van der Waals surface area contributed by atoms with E-state index in [1.807, 2.05) is 13.2 Å². The van der Waals surface area contributed by atoms with Gasteiger partial charge in [-0.3, -0.25) is 4.68 Å². The molecule has 3 aromatic heterocycles. The Labute approximate surface area is 87.9 Å². The lowest BCUT2D eigenvalue weighted by atomic mass is 10.3. The minimum Gasteiger partial charge on any atom is -0.477 e. The number of carboxylic acids is 1. The lowest BCUT2D eigenvalue weighted by Gasteiger charge is -1.82. The van der Waals surface area contributed by atoms with Crippen LogP contribution in [-0.4, -0.2) is 25.8 Å². The van der Waals surface area contributed by atoms with Crippen molar-refractivity contribution in [3.8, 4) is 0 Å². The summed E-state index contributed by atoms with van der Waals surface area (Å²) in [5.74, 6) is -0.887. The van der Waals surface area contributed by atoms with Gasteiger partial charge in [-0.05, 0) is 6.07 Å². The van der Waals surface area contributed by atoms with E-state index in [1.165, 1.54) is 11.3 Å². The number of fused-ring (bicyclic) bond motifs is 3. The van der Waals surface area contributed by atoms with Crippen LogP contribution in [0.25, 0.3) is 21.3 Å². The van der Waals surface area contributed by atoms with Crippen molar-refractivity contribution in [2.75, 3.05) is 0 Å². The van der Waals surface area contributed by atoms with Gasteiger partial charge in [0, 0.05) is 24.0 Å². The molecule has 15 heavy (non-hydrogen) atoms. The standard InChI is InChI=1S/C9H7N3O2S/c1-12-3-5-4-2-6(9(13)14)15-8(4)10-7(5)11-12/h2-3H,1H3,(H,10,11)(H,13,14). The summed E-state index contributed by atoms with van der Waals surface area (Å²) < 4.78 is 1.71. The molecule has 0 unspecified atom stereocenters. The van der Waals surface area contributed by atoms with Gasteiger partial charge in [0.15, 0.2) is 5.65 Å². The highest BCUT2D eigenvalue weighted by molar-refractivity contribution is 7.20. The first-order valence-electron chi connectivity index (χ1n) is 4.33. The number of nitrogens with zero attached hydrogens (tertiary/aromatic N) is 2. The van der Waals surface area contributed by atoms with E-state index >= 15 is 0 Å². The highest BCUT2D eigenvalue weighted by atomic mass is 32.1. The number of carboxylic acid groups (broad SMARTS) is 1. The fourth-order valence-electron chi connectivity index (χ4n) is 1.67. The van der Waals surface area contributed by atoms with Crippen molar-refractivity contribution in [1.29, 1.82) is 0 Å². The molecule has 2 N–H and O–H groups in total. The number of aryl methyl sites for hydroxylation is 1. The maximum Gasteiger partial charge on any atom is 0.345 e. The van der Waals surface area contributed by atoms with Crippen LogP contribution in [0.3, 0.4) is 0 Å². The van der Waals surface area contributed by atoms with Crippen molar-refractivity contribution in [3.05, 3.63) is 17.1 Å². The second-order valence-electron chi connectivity index (χ2n) is 3.35. The molecule has 76 valence electrons. The monoisotopic (exact) mass is 221 g/mol. The highest BCUT2D eigenvalue weighted by Crippen LogP contribution is 2.31. The van der Waals surface area contributed by atoms with Crippen molar-refractivity contribution in [2.24, 2.45) is 7.05 Å². The molecule has 0 aromatic carbocycles. The third-order valence-electron chi connectivity index (χ3n) is 2.29. The van der Waals surface area contributed by atoms with Gasteiger partial charge in [-0.1, -0.05) is 0 Å². The number of hydrogen-bond donors (Lipinski definition) is 2. The summed E-state index contributed by atoms with van der Waals surface area (Å²) in [6.07, 6.45) is 1.88. The predicted octanol–water partition coefficient (Wildman–Crippen LogP) is 1.81. The number of nitrogens with one attached hydrogen (secondary N) is 1. The number of aromatic amines is 1. The molecule has 0 aliphatic rings. The molecule has 0 fully saturated rings. The number of carbonyl (C=O) groups is 1. The van der Waals surface area contributed by atoms with Crippen LogP contribution in [0.1, 0.15) is 9.67 Å². The number of hydrogen-bond acceptors (Lipinski definition) is 3. The quantitative estimate of drug-likeness (QED) is 0.658. The summed E-state index contributed by atoms with van der Waals surface area (Å²) in [6.45, 7) is 0. The van der Waals surface area contributed by atoms with Gasteiger partial charge in [-0.25, -0.2) is 4.79 Å². The van der Waals surface area contributed by atoms with E-state index in [0.717, 1.165) is 21.3 Å². The Morgan fingerprint density at radius 3 is 3.13 bits per heavy atom. The SMILES string of the molecule is Cn1cc2c(n1)[nH]c1sc(C(=O)O)cc12. The third kappa shape index (κ3) is 1.08. The maximum absolute atomic E-state index is 10.8. The van der Waals surface area contributed by atoms with Gasteiger partial charge in [0.2, 0.25) is 0 Å². The van der Waals surface area contributed by atoms with Crippen LogP contribution in [0.2, 0.25) is 0 Å². The van der Waals surface area contributed by atoms with Crippen LogP contribution in [0, 0.1) is 0 Å². The average molecular weight is 221 g/mol. The van der Waals surface area contributed by atoms with Gasteiger partial charge >= 0.3 is 5.97 Å². The van der Waals surface area contributed by atoms with Gasteiger partial charge in [0.05, 0.1) is 0 Å². The Balaban J connectivity index is 2.39. The van der Waals surface area contributed by atoms with E-state index in [2.05, 4.69) is 10.1 Å². The largest absolute Gasteiger partial charge is 0.477 e. The lowest BCUT2D eigenvalue weighted by Crippen LogP contribution is -1.89. The molecular formula is C9H7N3O2S. The zero-order chi connectivity index (χ0) is 10.6. The molecule has 0 aliphatic heterocycles. The van der Waals surface area contributed by atoms with Crippen LogP contribution in [-0.2, 0) is 7.05 Å². The number of thiophene rings is 1. The lowest BCUT2D eigenvalue weighted by molar-refractivity contribution is 0.0702. The van der Waals surface area contributed by atoms with Crippen LogP contribution in [0.15, 0.2) is 12.3 Å². The van der Waals surface area contributed by atoms with Gasteiger partial charge in [-0.2, -0.15) is 5.10 Å². The maximum atomic E-state index is 10.8. The topological polar surface area (TPSA) is 70.9 Å². The molecular weight excluding hydrogens is 214 g/mol. The second-order valence-corrected chi connectivity index (χ2v) is 4.40. The molecule has 0 bridgehead atoms. The Morgan fingerprint density at radius 1 is 1.60 bits per heavy atom. The van der Waals surface area contributed by atoms with E-state index in [4.69, 9.17) is 5.11 Å². The fraction of sp³-hybridized carbons (Fsp3) is 0.111. The van der Waals surface area contributed by atoms with E-state index in [0.29, 0.717) is 4.88 Å². The Bertz CT molecular complexity index is 676. The van der Waals surface area contributed by atoms with Gasteiger partial charge in [-0.15, -0.1) is 11.3 Å². The van der Waals surface area contributed by atoms with E-state index < -0.39 is 5.97 Å². The third-order valence-corrected chi connectivity index (χ3v) is 3.33. The van der Waals surface area contributed by atoms with Crippen molar-refractivity contribution >= 4 is 38.6 Å². The summed E-state index contributed by atoms with van der Waals surface area (Å²) in [5.41, 5.74) is 0.802. The van der Waals surface area contributed by atoms with Crippen molar-refractivity contribution in [1.82, 2.24) is 14.8 Å². The fourth-order valence-corrected chi connectivity index (χ4v) is 2.59. The molecule has 0 atom stereocenters. The molecule has 3 aromatic rings. The number of aromatic carboxylic acids is 1. The molecule has 0 amide bonds. The number of rotatable bonds is 1. The Hall–Kier alpha value is -1.82. The summed E-state index contributed by atoms with van der Waals surface area (Å²) in [7, 11) is 1.84. The van der Waals surface area contributed by atoms with Gasteiger partial charge < -0.3 is 10.1 Å². The molecule has 0 spiro atoms. The molecule has 5 nitrogen and oxygen atoms in total. The smallest absolute Gasteiger partial charge is 0.345 e. The molecule has 3 heterocycles. The second kappa shape index (κ2) is 2.60. The average Bonchev–Trinajstić information content (AvgIpc) is 2.73. The first-order chi connectivity index (χ1) is 7.15. The van der Waals surface area contributed by atoms with E-state index in [1.54, 1.807) is 10.7 Å². The number of aromatic nitrogens is 3. The van der Waals surface area contributed by atoms with Crippen LogP contribution < -0.4 is 0 Å². The first-order valence-corrected chi connectivity index (χ1v) is 5.15. The normalized spacial score (nSPS) is 11.5. The van der Waals surface area contributed by atoms with Gasteiger partial charge in [0.1, 0.15) is 9.71 Å². The van der Waals surface area contributed by atoms with Crippen LogP contribution >= 0.6 is 11.3 Å². The van der Waals surface area contributed by atoms with Crippen molar-refractivity contribution in [2.45, 2.75) is 0 Å². The molecule has 0 aliphatic carbocycles. The summed E-state index contributed by atoms with van der Waals surface area (Å²) in [4.78, 5) is 15.1. The molecule has 0 saturated heterocycles. The van der Waals surface area contributed by atoms with E-state index in [9.17, 15) is 4.79 Å². The highest BCUT2D eigenvalue weighted by Gasteiger charge is 2.14. The Morgan fingerprint density at radius 2 is 2.40 bits per heavy atom. The molecule has 0 radical (unpaired) electrons. The predicted molar refractivity (Wildman–Crippen MR) is 57.4 cm³/mol. The Kier molecular flexibility index (Phi) is 1.47. The summed E-state index contributed by atoms with van der Waals surface area (Å²) in [5, 5.41) is 15.0. The molecule has 6 heteroatoms. The minimum atomic E-state index is -0.887. The van der Waals surface area contributed by atoms with Crippen LogP contribution in [0.4, 0.5) is 0 Å².